The predicted octanol–water partition coefficient (Wildman–Crippen LogP) is -1.08. The molecule has 2 heterocycles. The van der Waals surface area contributed by atoms with E-state index in [9.17, 15) is 49.2 Å². The highest BCUT2D eigenvalue weighted by molar-refractivity contribution is 5.95. The van der Waals surface area contributed by atoms with E-state index in [0.717, 1.165) is 12.3 Å². The monoisotopic (exact) mass is 670 g/mol. The third-order valence-corrected chi connectivity index (χ3v) is 7.53. The van der Waals surface area contributed by atoms with Crippen molar-refractivity contribution in [2.45, 2.75) is 94.5 Å². The normalized spacial score (nSPS) is 19.3. The van der Waals surface area contributed by atoms with E-state index in [0.29, 0.717) is 45.2 Å². The van der Waals surface area contributed by atoms with Crippen LogP contribution in [-0.2, 0) is 33.4 Å². The molecule has 4 amide bonds. The zero-order chi connectivity index (χ0) is 34.9. The Morgan fingerprint density at radius 3 is 2.09 bits per heavy atom. The summed E-state index contributed by atoms with van der Waals surface area (Å²) in [7, 11) is 0. The molecule has 264 valence electrons. The number of nitrogens with zero attached hydrogens (tertiary/aromatic N) is 1. The first-order valence-electron chi connectivity index (χ1n) is 15.5. The Labute approximate surface area is 271 Å². The number of unbranched alkanes of at least 4 members (excludes halogenated alkanes) is 2. The Balaban J connectivity index is 2.12. The summed E-state index contributed by atoms with van der Waals surface area (Å²) >= 11 is 0. The molecule has 0 bridgehead atoms. The van der Waals surface area contributed by atoms with E-state index in [4.69, 9.17) is 20.9 Å². The summed E-state index contributed by atoms with van der Waals surface area (Å²) in [6, 6.07) is -4.91. The lowest BCUT2D eigenvalue weighted by Gasteiger charge is -2.27. The molecule has 47 heavy (non-hydrogen) atoms. The van der Waals surface area contributed by atoms with Gasteiger partial charge in [-0.2, -0.15) is 0 Å². The molecule has 2 aliphatic heterocycles. The first-order chi connectivity index (χ1) is 22.4. The molecule has 0 saturated carbocycles. The summed E-state index contributed by atoms with van der Waals surface area (Å²) in [6.07, 6.45) is 1.77. The van der Waals surface area contributed by atoms with Crippen LogP contribution in [-0.4, -0.2) is 118 Å². The van der Waals surface area contributed by atoms with Crippen molar-refractivity contribution in [2.24, 2.45) is 11.5 Å². The molecule has 1 saturated heterocycles. The number of amides is 4. The summed E-state index contributed by atoms with van der Waals surface area (Å²) < 4.78 is 10.3. The SMILES string of the molecule is NCCCCC(NC(=O)C(CCC(=O)O)NC(=O)C(CCCCN)NC(=O)C1CCCN1C(=O)OCC1=CC(O)C(O)=CO1)C(=O)O. The number of aliphatic hydroxyl groups excluding tert-OH is 2. The minimum atomic E-state index is -1.42. The standard InChI is InChI=1S/C29H46N6O12/c30-11-3-1-6-18(25(40)32-19(9-10-24(38)39)26(41)34-20(28(43)44)7-2-4-12-31)33-27(42)21-8-5-13-35(21)29(45)47-15-17-14-22(36)23(37)16-46-17/h14,16,18-22,36-37H,1-13,15,30-31H2,(H,32,40)(H,33,42)(H,34,41)(H,38,39)(H,43,44). The van der Waals surface area contributed by atoms with Crippen LogP contribution < -0.4 is 27.4 Å². The molecule has 0 aromatic heterocycles. The Bertz CT molecular complexity index is 1180. The zero-order valence-electron chi connectivity index (χ0n) is 26.1. The number of likely N-dealkylation sites (tertiary alicyclic amines) is 1. The Hall–Kier alpha value is -4.42. The first-order valence-corrected chi connectivity index (χ1v) is 15.5. The number of rotatable bonds is 20. The van der Waals surface area contributed by atoms with Crippen molar-refractivity contribution in [3.8, 4) is 0 Å². The van der Waals surface area contributed by atoms with E-state index in [1.807, 2.05) is 0 Å². The third-order valence-electron chi connectivity index (χ3n) is 7.53. The second-order valence-corrected chi connectivity index (χ2v) is 11.2. The molecule has 0 spiro atoms. The highest BCUT2D eigenvalue weighted by Gasteiger charge is 2.37. The number of hydrogen-bond donors (Lipinski definition) is 9. The van der Waals surface area contributed by atoms with Gasteiger partial charge in [0.05, 0.1) is 0 Å². The number of aliphatic carboxylic acids is 2. The fourth-order valence-corrected chi connectivity index (χ4v) is 4.92. The average molecular weight is 671 g/mol. The number of aliphatic hydroxyl groups is 2. The predicted molar refractivity (Wildman–Crippen MR) is 163 cm³/mol. The summed E-state index contributed by atoms with van der Waals surface area (Å²) in [5, 5.41) is 45.3. The van der Waals surface area contributed by atoms with Gasteiger partial charge in [0.2, 0.25) is 17.7 Å². The number of nitrogens with two attached hydrogens (primary N) is 2. The van der Waals surface area contributed by atoms with Crippen molar-refractivity contribution < 1.29 is 58.7 Å². The van der Waals surface area contributed by atoms with E-state index in [2.05, 4.69) is 16.0 Å². The third kappa shape index (κ3) is 13.1. The summed E-state index contributed by atoms with van der Waals surface area (Å²) in [4.78, 5) is 76.9. The highest BCUT2D eigenvalue weighted by Crippen LogP contribution is 2.20. The Kier molecular flexibility index (Phi) is 16.5. The Morgan fingerprint density at radius 1 is 0.915 bits per heavy atom. The maximum absolute atomic E-state index is 13.4. The number of carboxylic acids is 2. The van der Waals surface area contributed by atoms with Crippen molar-refractivity contribution in [1.82, 2.24) is 20.9 Å². The van der Waals surface area contributed by atoms with Crippen molar-refractivity contribution >= 4 is 35.8 Å². The molecular weight excluding hydrogens is 624 g/mol. The lowest BCUT2D eigenvalue weighted by Crippen LogP contribution is -2.57. The smallest absolute Gasteiger partial charge is 0.410 e. The topological polar surface area (TPSA) is 293 Å². The number of hydrogen-bond acceptors (Lipinski definition) is 12. The summed E-state index contributed by atoms with van der Waals surface area (Å²) in [5.74, 6) is -5.27. The van der Waals surface area contributed by atoms with Crippen LogP contribution in [0.3, 0.4) is 0 Å². The van der Waals surface area contributed by atoms with Crippen molar-refractivity contribution in [2.75, 3.05) is 26.2 Å². The van der Waals surface area contributed by atoms with E-state index in [1.54, 1.807) is 0 Å². The van der Waals surface area contributed by atoms with Crippen LogP contribution in [0.2, 0.25) is 0 Å². The largest absolute Gasteiger partial charge is 0.506 e. The van der Waals surface area contributed by atoms with Crippen LogP contribution in [0.15, 0.2) is 23.9 Å². The lowest BCUT2D eigenvalue weighted by atomic mass is 10.0. The van der Waals surface area contributed by atoms with Gasteiger partial charge in [0.25, 0.3) is 0 Å². The van der Waals surface area contributed by atoms with Gasteiger partial charge in [-0.05, 0) is 77.0 Å². The van der Waals surface area contributed by atoms with Crippen molar-refractivity contribution in [3.63, 3.8) is 0 Å². The van der Waals surface area contributed by atoms with E-state index in [-0.39, 0.29) is 44.6 Å². The van der Waals surface area contributed by atoms with Gasteiger partial charge < -0.3 is 57.3 Å². The van der Waals surface area contributed by atoms with Crippen LogP contribution in [0, 0.1) is 0 Å². The van der Waals surface area contributed by atoms with Gasteiger partial charge in [-0.3, -0.25) is 24.1 Å². The zero-order valence-corrected chi connectivity index (χ0v) is 26.1. The molecule has 0 aliphatic carbocycles. The first kappa shape index (κ1) is 38.8. The summed E-state index contributed by atoms with van der Waals surface area (Å²) in [6.45, 7) is 0.431. The van der Waals surface area contributed by atoms with Gasteiger partial charge in [0.15, 0.2) is 12.4 Å². The van der Waals surface area contributed by atoms with Gasteiger partial charge in [-0.15, -0.1) is 0 Å². The molecular formula is C29H46N6O12. The second kappa shape index (κ2) is 20.0. The highest BCUT2D eigenvalue weighted by atomic mass is 16.6. The molecule has 11 N–H and O–H groups in total. The van der Waals surface area contributed by atoms with Gasteiger partial charge in [-0.1, -0.05) is 0 Å². The molecule has 0 aromatic carbocycles. The minimum Gasteiger partial charge on any atom is -0.506 e. The van der Waals surface area contributed by atoms with E-state index in [1.165, 1.54) is 4.90 Å². The van der Waals surface area contributed by atoms with Crippen LogP contribution >= 0.6 is 0 Å². The molecule has 1 fully saturated rings. The molecule has 18 nitrogen and oxygen atoms in total. The lowest BCUT2D eigenvalue weighted by molar-refractivity contribution is -0.143. The number of nitrogens with one attached hydrogen (secondary N) is 3. The molecule has 5 atom stereocenters. The van der Waals surface area contributed by atoms with Crippen LogP contribution in [0.1, 0.15) is 64.2 Å². The van der Waals surface area contributed by atoms with Crippen molar-refractivity contribution in [3.05, 3.63) is 23.9 Å². The quantitative estimate of drug-likeness (QED) is 0.0697. The fraction of sp³-hybridized carbons (Fsp3) is 0.655. The van der Waals surface area contributed by atoms with Crippen molar-refractivity contribution in [1.29, 1.82) is 0 Å². The molecule has 0 aromatic rings. The molecule has 5 unspecified atom stereocenters. The molecule has 2 aliphatic rings. The van der Waals surface area contributed by atoms with Gasteiger partial charge in [0, 0.05) is 13.0 Å². The van der Waals surface area contributed by atoms with E-state index < -0.39 is 78.2 Å². The molecule has 2 rings (SSSR count). The summed E-state index contributed by atoms with van der Waals surface area (Å²) in [5.41, 5.74) is 11.0. The van der Waals surface area contributed by atoms with Crippen LogP contribution in [0.4, 0.5) is 4.79 Å². The maximum atomic E-state index is 13.4. The van der Waals surface area contributed by atoms with Gasteiger partial charge in [-0.25, -0.2) is 9.59 Å². The van der Waals surface area contributed by atoms with Crippen LogP contribution in [0.5, 0.6) is 0 Å². The molecule has 18 heteroatoms. The van der Waals surface area contributed by atoms with E-state index >= 15 is 0 Å². The fourth-order valence-electron chi connectivity index (χ4n) is 4.92. The number of carbonyl (C=O) groups is 6. The maximum Gasteiger partial charge on any atom is 0.410 e. The number of ether oxygens (including phenoxy) is 2. The molecule has 0 radical (unpaired) electrons. The number of carbonyl (C=O) groups excluding carboxylic acids is 4. The number of carboxylic acid groups (broad SMARTS) is 2. The van der Waals surface area contributed by atoms with Gasteiger partial charge >= 0.3 is 18.0 Å². The average Bonchev–Trinajstić information content (AvgIpc) is 3.53. The Morgan fingerprint density at radius 2 is 1.51 bits per heavy atom. The van der Waals surface area contributed by atoms with Crippen LogP contribution in [0.25, 0.3) is 0 Å². The second-order valence-electron chi connectivity index (χ2n) is 11.2. The van der Waals surface area contributed by atoms with Gasteiger partial charge in [0.1, 0.15) is 42.3 Å². The minimum absolute atomic E-state index is 0.0622.